The first kappa shape index (κ1) is 17.8. The Labute approximate surface area is 152 Å². The van der Waals surface area contributed by atoms with Crippen LogP contribution in [0, 0.1) is 18.8 Å². The molecule has 2 aromatic rings. The second-order valence-corrected chi connectivity index (χ2v) is 8.49. The van der Waals surface area contributed by atoms with E-state index < -0.39 is 10.0 Å². The fourth-order valence-electron chi connectivity index (χ4n) is 2.62. The highest BCUT2D eigenvalue weighted by atomic mass is 35.5. The number of hydrogen-bond donors (Lipinski definition) is 2. The van der Waals surface area contributed by atoms with Crippen LogP contribution in [0.4, 0.5) is 11.4 Å². The largest absolute Gasteiger partial charge is 0.326 e. The fourth-order valence-corrected chi connectivity index (χ4v) is 4.07. The first-order chi connectivity index (χ1) is 11.8. The summed E-state index contributed by atoms with van der Waals surface area (Å²) in [4.78, 5) is 12.2. The molecule has 0 unspecified atom stereocenters. The molecule has 7 heteroatoms. The van der Waals surface area contributed by atoms with Gasteiger partial charge in [0.2, 0.25) is 5.91 Å². The maximum absolute atomic E-state index is 12.7. The van der Waals surface area contributed by atoms with E-state index >= 15 is 0 Å². The molecule has 3 rings (SSSR count). The summed E-state index contributed by atoms with van der Waals surface area (Å²) in [6.45, 7) is 3.73. The van der Waals surface area contributed by atoms with Crippen LogP contribution in [0.5, 0.6) is 0 Å². The zero-order valence-corrected chi connectivity index (χ0v) is 15.5. The molecule has 0 radical (unpaired) electrons. The Hall–Kier alpha value is -2.05. The van der Waals surface area contributed by atoms with Crippen LogP contribution < -0.4 is 10.0 Å². The number of benzene rings is 2. The maximum atomic E-state index is 12.7. The average molecular weight is 379 g/mol. The van der Waals surface area contributed by atoms with Crippen LogP contribution in [-0.2, 0) is 14.8 Å². The molecular formula is C18H19ClN2O3S. The lowest BCUT2D eigenvalue weighted by Crippen LogP contribution is -2.17. The summed E-state index contributed by atoms with van der Waals surface area (Å²) in [7, 11) is -3.77. The van der Waals surface area contributed by atoms with E-state index in [2.05, 4.69) is 10.0 Å². The molecule has 0 aliphatic heterocycles. The first-order valence-electron chi connectivity index (χ1n) is 7.96. The minimum Gasteiger partial charge on any atom is -0.326 e. The van der Waals surface area contributed by atoms with Gasteiger partial charge < -0.3 is 5.32 Å². The quantitative estimate of drug-likeness (QED) is 0.824. The van der Waals surface area contributed by atoms with E-state index in [-0.39, 0.29) is 16.7 Å². The minimum absolute atomic E-state index is 0.0218. The molecule has 2 N–H and O–H groups in total. The van der Waals surface area contributed by atoms with Crippen LogP contribution in [-0.4, -0.2) is 14.3 Å². The molecule has 2 aromatic carbocycles. The lowest BCUT2D eigenvalue weighted by Gasteiger charge is -2.13. The number of anilines is 2. The smallest absolute Gasteiger partial charge is 0.262 e. The van der Waals surface area contributed by atoms with Gasteiger partial charge in [0.25, 0.3) is 10.0 Å². The van der Waals surface area contributed by atoms with E-state index in [4.69, 9.17) is 11.6 Å². The van der Waals surface area contributed by atoms with Gasteiger partial charge in [-0.2, -0.15) is 0 Å². The number of hydrogen-bond acceptors (Lipinski definition) is 3. The van der Waals surface area contributed by atoms with Gasteiger partial charge in [0.05, 0.1) is 4.90 Å². The van der Waals surface area contributed by atoms with Gasteiger partial charge in [0.1, 0.15) is 0 Å². The van der Waals surface area contributed by atoms with Crippen molar-refractivity contribution in [3.8, 4) is 0 Å². The summed E-state index contributed by atoms with van der Waals surface area (Å²) in [5, 5.41) is 3.32. The van der Waals surface area contributed by atoms with Crippen LogP contribution in [0.25, 0.3) is 0 Å². The van der Waals surface area contributed by atoms with Crippen molar-refractivity contribution >= 4 is 38.9 Å². The predicted molar refractivity (Wildman–Crippen MR) is 99.3 cm³/mol. The number of aryl methyl sites for hydroxylation is 1. The summed E-state index contributed by atoms with van der Waals surface area (Å²) in [5.74, 6) is 0.346. The molecular weight excluding hydrogens is 360 g/mol. The van der Waals surface area contributed by atoms with E-state index in [1.165, 1.54) is 6.07 Å². The molecule has 132 valence electrons. The number of amides is 1. The molecule has 1 fully saturated rings. The Bertz CT molecular complexity index is 910. The second kappa shape index (κ2) is 6.69. The molecule has 0 spiro atoms. The first-order valence-corrected chi connectivity index (χ1v) is 9.82. The van der Waals surface area contributed by atoms with E-state index in [0.717, 1.165) is 6.42 Å². The highest BCUT2D eigenvalue weighted by Gasteiger charge is 2.39. The summed E-state index contributed by atoms with van der Waals surface area (Å²) in [6, 6.07) is 11.3. The van der Waals surface area contributed by atoms with Gasteiger partial charge in [-0.3, -0.25) is 9.52 Å². The van der Waals surface area contributed by atoms with Gasteiger partial charge >= 0.3 is 0 Å². The van der Waals surface area contributed by atoms with Gasteiger partial charge in [-0.15, -0.1) is 0 Å². The molecule has 0 bridgehead atoms. The molecule has 2 atom stereocenters. The molecule has 0 saturated heterocycles. The highest BCUT2D eigenvalue weighted by molar-refractivity contribution is 7.92. The number of rotatable bonds is 5. The van der Waals surface area contributed by atoms with Crippen molar-refractivity contribution in [2.24, 2.45) is 11.8 Å². The third-order valence-electron chi connectivity index (χ3n) is 4.29. The molecule has 1 aliphatic carbocycles. The number of halogens is 1. The van der Waals surface area contributed by atoms with Crippen molar-refractivity contribution in [2.45, 2.75) is 25.2 Å². The average Bonchev–Trinajstić information content (AvgIpc) is 3.28. The lowest BCUT2D eigenvalue weighted by atomic mass is 10.2. The highest BCUT2D eigenvalue weighted by Crippen LogP contribution is 2.38. The summed E-state index contributed by atoms with van der Waals surface area (Å²) >= 11 is 5.82. The molecule has 1 saturated carbocycles. The van der Waals surface area contributed by atoms with E-state index in [1.54, 1.807) is 43.3 Å². The molecule has 5 nitrogen and oxygen atoms in total. The molecule has 1 amide bonds. The number of sulfonamides is 1. The van der Waals surface area contributed by atoms with Crippen molar-refractivity contribution in [3.05, 3.63) is 53.1 Å². The topological polar surface area (TPSA) is 75.3 Å². The SMILES string of the molecule is Cc1ccc(NC(=O)[C@@H]2C[C@@H]2C)cc1S(=O)(=O)Nc1ccc(Cl)cc1. The van der Waals surface area contributed by atoms with Crippen molar-refractivity contribution in [1.29, 1.82) is 0 Å². The summed E-state index contributed by atoms with van der Waals surface area (Å²) in [6.07, 6.45) is 0.876. The third kappa shape index (κ3) is 4.14. The van der Waals surface area contributed by atoms with Gasteiger partial charge in [0.15, 0.2) is 0 Å². The fraction of sp³-hybridized carbons (Fsp3) is 0.278. The van der Waals surface area contributed by atoms with Crippen molar-refractivity contribution in [2.75, 3.05) is 10.0 Å². The molecule has 0 heterocycles. The number of nitrogens with one attached hydrogen (secondary N) is 2. The van der Waals surface area contributed by atoms with Gasteiger partial charge in [-0.25, -0.2) is 8.42 Å². The van der Waals surface area contributed by atoms with Crippen molar-refractivity contribution in [3.63, 3.8) is 0 Å². The predicted octanol–water partition coefficient (Wildman–Crippen LogP) is 4.04. The Morgan fingerprint density at radius 2 is 1.72 bits per heavy atom. The Morgan fingerprint density at radius 3 is 2.32 bits per heavy atom. The minimum atomic E-state index is -3.77. The summed E-state index contributed by atoms with van der Waals surface area (Å²) < 4.78 is 27.9. The Morgan fingerprint density at radius 1 is 1.12 bits per heavy atom. The van der Waals surface area contributed by atoms with Crippen LogP contribution in [0.15, 0.2) is 47.4 Å². The van der Waals surface area contributed by atoms with E-state index in [1.807, 2.05) is 6.92 Å². The van der Waals surface area contributed by atoms with Gasteiger partial charge in [0, 0.05) is 22.3 Å². The van der Waals surface area contributed by atoms with E-state index in [9.17, 15) is 13.2 Å². The molecule has 1 aliphatic rings. The van der Waals surface area contributed by atoms with E-state index in [0.29, 0.717) is 27.9 Å². The maximum Gasteiger partial charge on any atom is 0.262 e. The summed E-state index contributed by atoms with van der Waals surface area (Å²) in [5.41, 5.74) is 1.50. The molecule has 0 aromatic heterocycles. The van der Waals surface area contributed by atoms with Gasteiger partial charge in [-0.05, 0) is 61.2 Å². The second-order valence-electron chi connectivity index (χ2n) is 6.40. The monoisotopic (exact) mass is 378 g/mol. The van der Waals surface area contributed by atoms with Crippen LogP contribution >= 0.6 is 11.6 Å². The normalized spacial score (nSPS) is 19.3. The van der Waals surface area contributed by atoms with Crippen LogP contribution in [0.3, 0.4) is 0 Å². The Balaban J connectivity index is 1.83. The van der Waals surface area contributed by atoms with Crippen molar-refractivity contribution < 1.29 is 13.2 Å². The van der Waals surface area contributed by atoms with Crippen LogP contribution in [0.1, 0.15) is 18.9 Å². The number of carbonyl (C=O) groups excluding carboxylic acids is 1. The third-order valence-corrected chi connectivity index (χ3v) is 6.06. The Kier molecular flexibility index (Phi) is 4.75. The zero-order valence-electron chi connectivity index (χ0n) is 13.9. The lowest BCUT2D eigenvalue weighted by molar-refractivity contribution is -0.117. The number of carbonyl (C=O) groups is 1. The molecule has 25 heavy (non-hydrogen) atoms. The zero-order chi connectivity index (χ0) is 18.2. The van der Waals surface area contributed by atoms with Crippen molar-refractivity contribution in [1.82, 2.24) is 0 Å². The standard InChI is InChI=1S/C18H19ClN2O3S/c1-11-3-6-15(20-18(22)16-9-12(16)2)10-17(11)25(23,24)21-14-7-4-13(19)5-8-14/h3-8,10,12,16,21H,9H2,1-2H3,(H,20,22)/t12-,16+/m0/s1. The van der Waals surface area contributed by atoms with Gasteiger partial charge in [-0.1, -0.05) is 24.6 Å². The van der Waals surface area contributed by atoms with Crippen LogP contribution in [0.2, 0.25) is 5.02 Å².